The maximum absolute atomic E-state index is 6.08. The average molecular weight is 367 g/mol. The standard InChI is InChI=1S/C26H25NO/c1-5-27-23-11-7-6-10-22(23)25-20(4)24(17-19(3)26(25)27)28-16-8-9-21-14-12-18(2)13-15-21/h6-7,10-15,17H,5,16H2,1-4H3. The number of nitrogens with zero attached hydrogens (tertiary/aromatic N) is 1. The third-order valence-corrected chi connectivity index (χ3v) is 5.34. The van der Waals surface area contributed by atoms with Gasteiger partial charge in [0.05, 0.1) is 5.52 Å². The van der Waals surface area contributed by atoms with Crippen molar-refractivity contribution in [1.82, 2.24) is 4.57 Å². The lowest BCUT2D eigenvalue weighted by molar-refractivity contribution is 0.368. The van der Waals surface area contributed by atoms with E-state index >= 15 is 0 Å². The number of para-hydroxylation sites is 1. The summed E-state index contributed by atoms with van der Waals surface area (Å²) in [5.41, 5.74) is 7.26. The van der Waals surface area contributed by atoms with Crippen LogP contribution in [0.3, 0.4) is 0 Å². The number of rotatable bonds is 3. The van der Waals surface area contributed by atoms with Gasteiger partial charge in [-0.15, -0.1) is 0 Å². The molecule has 0 aliphatic heterocycles. The van der Waals surface area contributed by atoms with Gasteiger partial charge in [0.15, 0.2) is 0 Å². The van der Waals surface area contributed by atoms with Gasteiger partial charge < -0.3 is 9.30 Å². The molecule has 140 valence electrons. The molecule has 2 heteroatoms. The molecule has 0 spiro atoms. The van der Waals surface area contributed by atoms with Gasteiger partial charge in [-0.05, 0) is 57.5 Å². The van der Waals surface area contributed by atoms with Gasteiger partial charge in [0.25, 0.3) is 0 Å². The van der Waals surface area contributed by atoms with Crippen molar-refractivity contribution in [3.63, 3.8) is 0 Å². The van der Waals surface area contributed by atoms with Crippen LogP contribution in [0.5, 0.6) is 5.75 Å². The second-order valence-corrected chi connectivity index (χ2v) is 7.26. The van der Waals surface area contributed by atoms with Crippen molar-refractivity contribution < 1.29 is 4.74 Å². The molecule has 0 unspecified atom stereocenters. The third kappa shape index (κ3) is 3.14. The molecule has 28 heavy (non-hydrogen) atoms. The van der Waals surface area contributed by atoms with Gasteiger partial charge in [0, 0.05) is 34.0 Å². The van der Waals surface area contributed by atoms with Crippen LogP contribution in [0.1, 0.15) is 29.2 Å². The van der Waals surface area contributed by atoms with E-state index in [0.29, 0.717) is 6.61 Å². The van der Waals surface area contributed by atoms with Gasteiger partial charge in [-0.1, -0.05) is 47.7 Å². The van der Waals surface area contributed by atoms with Crippen molar-refractivity contribution in [3.8, 4) is 17.6 Å². The predicted molar refractivity (Wildman–Crippen MR) is 118 cm³/mol. The summed E-state index contributed by atoms with van der Waals surface area (Å²) >= 11 is 0. The molecule has 4 rings (SSSR count). The Morgan fingerprint density at radius 2 is 1.71 bits per heavy atom. The molecule has 0 bridgehead atoms. The van der Waals surface area contributed by atoms with Crippen LogP contribution in [0, 0.1) is 32.6 Å². The Bertz CT molecular complexity index is 1220. The van der Waals surface area contributed by atoms with Crippen LogP contribution >= 0.6 is 0 Å². The zero-order valence-electron chi connectivity index (χ0n) is 17.0. The lowest BCUT2D eigenvalue weighted by Gasteiger charge is -2.12. The Morgan fingerprint density at radius 1 is 0.964 bits per heavy atom. The van der Waals surface area contributed by atoms with E-state index in [4.69, 9.17) is 4.74 Å². The Hall–Kier alpha value is -3.18. The smallest absolute Gasteiger partial charge is 0.149 e. The maximum atomic E-state index is 6.08. The number of hydrogen-bond donors (Lipinski definition) is 0. The summed E-state index contributed by atoms with van der Waals surface area (Å²) in [7, 11) is 0. The molecule has 0 aliphatic carbocycles. The summed E-state index contributed by atoms with van der Waals surface area (Å²) in [6.07, 6.45) is 0. The van der Waals surface area contributed by atoms with E-state index in [0.717, 1.165) is 17.9 Å². The molecule has 1 aromatic heterocycles. The fourth-order valence-electron chi connectivity index (χ4n) is 3.96. The van der Waals surface area contributed by atoms with Gasteiger partial charge in [0.2, 0.25) is 0 Å². The molecule has 3 aromatic carbocycles. The SMILES string of the molecule is CCn1c2ccccc2c2c(C)c(OCC#Cc3ccc(C)cc3)cc(C)c21. The number of benzene rings is 3. The van der Waals surface area contributed by atoms with E-state index < -0.39 is 0 Å². The molecule has 4 aromatic rings. The first-order valence-corrected chi connectivity index (χ1v) is 9.79. The van der Waals surface area contributed by atoms with Crippen LogP contribution < -0.4 is 4.74 Å². The first kappa shape index (κ1) is 18.2. The zero-order chi connectivity index (χ0) is 19.7. The average Bonchev–Trinajstić information content (AvgIpc) is 3.05. The van der Waals surface area contributed by atoms with E-state index in [-0.39, 0.29) is 0 Å². The number of fused-ring (bicyclic) bond motifs is 3. The van der Waals surface area contributed by atoms with Crippen molar-refractivity contribution in [2.45, 2.75) is 34.2 Å². The summed E-state index contributed by atoms with van der Waals surface area (Å²) < 4.78 is 8.48. The number of aromatic nitrogens is 1. The zero-order valence-corrected chi connectivity index (χ0v) is 17.0. The van der Waals surface area contributed by atoms with Gasteiger partial charge in [0.1, 0.15) is 12.4 Å². The molecular formula is C26H25NO. The highest BCUT2D eigenvalue weighted by Crippen LogP contribution is 2.37. The summed E-state index contributed by atoms with van der Waals surface area (Å²) in [4.78, 5) is 0. The Kier molecular flexibility index (Phi) is 4.84. The normalized spacial score (nSPS) is 10.9. The maximum Gasteiger partial charge on any atom is 0.149 e. The van der Waals surface area contributed by atoms with Crippen molar-refractivity contribution in [2.75, 3.05) is 6.61 Å². The minimum atomic E-state index is 0.381. The Morgan fingerprint density at radius 3 is 2.46 bits per heavy atom. The molecule has 0 atom stereocenters. The van der Waals surface area contributed by atoms with Crippen LogP contribution in [0.15, 0.2) is 54.6 Å². The lowest BCUT2D eigenvalue weighted by atomic mass is 10.0. The van der Waals surface area contributed by atoms with E-state index in [1.54, 1.807) is 0 Å². The van der Waals surface area contributed by atoms with Crippen molar-refractivity contribution in [3.05, 3.63) is 76.9 Å². The molecular weight excluding hydrogens is 342 g/mol. The second-order valence-electron chi connectivity index (χ2n) is 7.26. The van der Waals surface area contributed by atoms with Crippen molar-refractivity contribution in [1.29, 1.82) is 0 Å². The Balaban J connectivity index is 1.70. The monoisotopic (exact) mass is 367 g/mol. The first-order chi connectivity index (χ1) is 13.6. The van der Waals surface area contributed by atoms with Gasteiger partial charge >= 0.3 is 0 Å². The number of hydrogen-bond acceptors (Lipinski definition) is 1. The van der Waals surface area contributed by atoms with Crippen LogP contribution in [0.4, 0.5) is 0 Å². The minimum Gasteiger partial charge on any atom is -0.481 e. The molecule has 0 amide bonds. The van der Waals surface area contributed by atoms with Crippen molar-refractivity contribution >= 4 is 21.8 Å². The lowest BCUT2D eigenvalue weighted by Crippen LogP contribution is -1.99. The van der Waals surface area contributed by atoms with E-state index in [9.17, 15) is 0 Å². The fourth-order valence-corrected chi connectivity index (χ4v) is 3.96. The second kappa shape index (κ2) is 7.44. The Labute approximate surface area is 166 Å². The van der Waals surface area contributed by atoms with Gasteiger partial charge in [-0.25, -0.2) is 0 Å². The largest absolute Gasteiger partial charge is 0.481 e. The predicted octanol–water partition coefficient (Wildman–Crippen LogP) is 6.17. The number of aryl methyl sites for hydroxylation is 4. The fraction of sp³-hybridized carbons (Fsp3) is 0.231. The third-order valence-electron chi connectivity index (χ3n) is 5.34. The highest BCUT2D eigenvalue weighted by Gasteiger charge is 2.16. The van der Waals surface area contributed by atoms with Crippen LogP contribution in [0.25, 0.3) is 21.8 Å². The quantitative estimate of drug-likeness (QED) is 0.395. The summed E-state index contributed by atoms with van der Waals surface area (Å²) in [6.45, 7) is 9.93. The molecule has 0 saturated carbocycles. The van der Waals surface area contributed by atoms with E-state index in [1.165, 1.54) is 38.5 Å². The first-order valence-electron chi connectivity index (χ1n) is 9.79. The van der Waals surface area contributed by atoms with Gasteiger partial charge in [-0.3, -0.25) is 0 Å². The van der Waals surface area contributed by atoms with Crippen LogP contribution in [-0.2, 0) is 6.54 Å². The van der Waals surface area contributed by atoms with E-state index in [1.807, 2.05) is 12.1 Å². The highest BCUT2D eigenvalue weighted by molar-refractivity contribution is 6.11. The summed E-state index contributed by atoms with van der Waals surface area (Å²) in [5.74, 6) is 7.24. The summed E-state index contributed by atoms with van der Waals surface area (Å²) in [6, 6.07) is 19.0. The summed E-state index contributed by atoms with van der Waals surface area (Å²) in [5, 5.41) is 2.58. The van der Waals surface area contributed by atoms with Gasteiger partial charge in [-0.2, -0.15) is 0 Å². The molecule has 0 N–H and O–H groups in total. The molecule has 0 aliphatic rings. The number of ether oxygens (including phenoxy) is 1. The molecule has 1 heterocycles. The molecule has 2 nitrogen and oxygen atoms in total. The highest BCUT2D eigenvalue weighted by atomic mass is 16.5. The van der Waals surface area contributed by atoms with Crippen LogP contribution in [0.2, 0.25) is 0 Å². The minimum absolute atomic E-state index is 0.381. The van der Waals surface area contributed by atoms with Crippen molar-refractivity contribution in [2.24, 2.45) is 0 Å². The molecule has 0 radical (unpaired) electrons. The van der Waals surface area contributed by atoms with Crippen LogP contribution in [-0.4, -0.2) is 11.2 Å². The topological polar surface area (TPSA) is 14.2 Å². The molecule has 0 fully saturated rings. The van der Waals surface area contributed by atoms with E-state index in [2.05, 4.69) is 86.6 Å². The molecule has 0 saturated heterocycles.